The fourth-order valence-electron chi connectivity index (χ4n) is 2.30. The number of phenols is 1. The van der Waals surface area contributed by atoms with Crippen LogP contribution in [0.4, 0.5) is 5.69 Å². The van der Waals surface area contributed by atoms with Gasteiger partial charge >= 0.3 is 0 Å². The van der Waals surface area contributed by atoms with E-state index in [2.05, 4.69) is 10.5 Å². The van der Waals surface area contributed by atoms with E-state index in [0.29, 0.717) is 15.8 Å². The molecule has 2 N–H and O–H groups in total. The largest absolute Gasteiger partial charge is 0.503 e. The molecule has 0 unspecified atom stereocenters. The maximum Gasteiger partial charge on any atom is 0.281 e. The summed E-state index contributed by atoms with van der Waals surface area (Å²) in [6.45, 7) is 0. The predicted molar refractivity (Wildman–Crippen MR) is 103 cm³/mol. The molecule has 3 aromatic rings. The highest BCUT2D eigenvalue weighted by molar-refractivity contribution is 7.20. The van der Waals surface area contributed by atoms with Gasteiger partial charge in [-0.15, -0.1) is 11.3 Å². The van der Waals surface area contributed by atoms with Crippen LogP contribution in [0.25, 0.3) is 10.1 Å². The van der Waals surface area contributed by atoms with E-state index in [9.17, 15) is 20.0 Å². The molecule has 1 heterocycles. The minimum atomic E-state index is -0.488. The summed E-state index contributed by atoms with van der Waals surface area (Å²) in [5, 5.41) is 25.1. The van der Waals surface area contributed by atoms with Crippen LogP contribution >= 0.6 is 22.9 Å². The lowest BCUT2D eigenvalue weighted by Gasteiger charge is -2.05. The average Bonchev–Trinajstić information content (AvgIpc) is 3.07. The first-order valence-corrected chi connectivity index (χ1v) is 8.66. The van der Waals surface area contributed by atoms with Crippen molar-refractivity contribution in [2.24, 2.45) is 5.10 Å². The number of thiophene rings is 1. The van der Waals surface area contributed by atoms with E-state index in [1.54, 1.807) is 12.1 Å². The van der Waals surface area contributed by atoms with E-state index in [0.717, 1.165) is 4.70 Å². The molecule has 0 bridgehead atoms. The maximum atomic E-state index is 12.2. The number of hydrazone groups is 1. The fraction of sp³-hybridized carbons (Fsp3) is 0.0588. The molecular weight excluding hydrogens is 394 g/mol. The Hall–Kier alpha value is -3.17. The van der Waals surface area contributed by atoms with Crippen LogP contribution < -0.4 is 10.2 Å². The third-order valence-electron chi connectivity index (χ3n) is 3.58. The number of phenolic OH excluding ortho intramolecular Hbond substituents is 1. The lowest BCUT2D eigenvalue weighted by molar-refractivity contribution is -0.384. The zero-order valence-electron chi connectivity index (χ0n) is 13.8. The van der Waals surface area contributed by atoms with Crippen LogP contribution in [0.5, 0.6) is 11.5 Å². The Labute approximate surface area is 161 Å². The topological polar surface area (TPSA) is 114 Å². The Morgan fingerprint density at radius 2 is 2.15 bits per heavy atom. The van der Waals surface area contributed by atoms with Crippen molar-refractivity contribution in [2.45, 2.75) is 0 Å². The number of ether oxygens (including phenoxy) is 1. The summed E-state index contributed by atoms with van der Waals surface area (Å²) in [5.41, 5.74) is 2.86. The Morgan fingerprint density at radius 1 is 1.37 bits per heavy atom. The van der Waals surface area contributed by atoms with E-state index >= 15 is 0 Å². The maximum absolute atomic E-state index is 12.2. The van der Waals surface area contributed by atoms with Gasteiger partial charge in [-0.25, -0.2) is 5.43 Å². The van der Waals surface area contributed by atoms with Gasteiger partial charge in [-0.3, -0.25) is 14.9 Å². The number of rotatable bonds is 5. The molecule has 0 radical (unpaired) electrons. The highest BCUT2D eigenvalue weighted by atomic mass is 35.5. The number of amides is 1. The van der Waals surface area contributed by atoms with Crippen LogP contribution in [-0.4, -0.2) is 29.3 Å². The molecule has 0 aliphatic rings. The zero-order chi connectivity index (χ0) is 19.6. The van der Waals surface area contributed by atoms with Crippen LogP contribution in [0, 0.1) is 10.1 Å². The number of nitro groups is 1. The highest BCUT2D eigenvalue weighted by Crippen LogP contribution is 2.34. The van der Waals surface area contributed by atoms with Crippen LogP contribution in [0.2, 0.25) is 5.02 Å². The van der Waals surface area contributed by atoms with E-state index in [1.165, 1.54) is 48.9 Å². The van der Waals surface area contributed by atoms with Crippen molar-refractivity contribution >= 4 is 50.8 Å². The number of methoxy groups -OCH3 is 1. The number of halogens is 1. The molecule has 2 aromatic carbocycles. The smallest absolute Gasteiger partial charge is 0.281 e. The van der Waals surface area contributed by atoms with Gasteiger partial charge in [0.05, 0.1) is 28.1 Å². The molecule has 0 spiro atoms. The first kappa shape index (κ1) is 18.6. The summed E-state index contributed by atoms with van der Waals surface area (Å²) in [6.07, 6.45) is 1.35. The molecule has 3 rings (SSSR count). The number of non-ortho nitro benzene ring substituents is 1. The molecule has 0 fully saturated rings. The Bertz CT molecular complexity index is 1080. The Morgan fingerprint density at radius 3 is 2.85 bits per heavy atom. The number of carbonyl (C=O) groups is 1. The molecule has 8 nitrogen and oxygen atoms in total. The lowest BCUT2D eigenvalue weighted by atomic mass is 10.2. The lowest BCUT2D eigenvalue weighted by Crippen LogP contribution is -2.16. The third-order valence-corrected chi connectivity index (χ3v) is 4.99. The molecule has 0 saturated heterocycles. The number of fused-ring (bicyclic) bond motifs is 1. The van der Waals surface area contributed by atoms with Gasteiger partial charge in [-0.2, -0.15) is 5.10 Å². The summed E-state index contributed by atoms with van der Waals surface area (Å²) < 4.78 is 5.75. The second-order valence-corrected chi connectivity index (χ2v) is 6.83. The highest BCUT2D eigenvalue weighted by Gasteiger charge is 2.13. The normalized spacial score (nSPS) is 11.0. The molecule has 0 aliphatic heterocycles. The molecule has 0 saturated carbocycles. The van der Waals surface area contributed by atoms with Gasteiger partial charge in [-0.05, 0) is 29.8 Å². The first-order valence-electron chi connectivity index (χ1n) is 7.47. The van der Waals surface area contributed by atoms with Gasteiger partial charge in [-0.1, -0.05) is 11.6 Å². The molecule has 138 valence electrons. The number of hydrogen-bond acceptors (Lipinski definition) is 7. The fourth-order valence-corrected chi connectivity index (χ4v) is 3.45. The number of nitro benzene ring substituents is 1. The van der Waals surface area contributed by atoms with Crippen LogP contribution in [0.15, 0.2) is 41.5 Å². The van der Waals surface area contributed by atoms with Gasteiger partial charge < -0.3 is 9.84 Å². The number of benzene rings is 2. The second kappa shape index (κ2) is 7.60. The van der Waals surface area contributed by atoms with E-state index in [1.807, 2.05) is 0 Å². The monoisotopic (exact) mass is 405 g/mol. The van der Waals surface area contributed by atoms with E-state index in [4.69, 9.17) is 16.3 Å². The van der Waals surface area contributed by atoms with Crippen molar-refractivity contribution in [3.05, 3.63) is 62.0 Å². The van der Waals surface area contributed by atoms with Crippen molar-refractivity contribution in [1.82, 2.24) is 5.43 Å². The number of aromatic hydroxyl groups is 1. The number of nitrogens with zero attached hydrogens (tertiary/aromatic N) is 2. The first-order chi connectivity index (χ1) is 12.9. The van der Waals surface area contributed by atoms with Crippen LogP contribution in [0.1, 0.15) is 15.2 Å². The quantitative estimate of drug-likeness (QED) is 0.379. The van der Waals surface area contributed by atoms with Gasteiger partial charge in [0.1, 0.15) is 0 Å². The van der Waals surface area contributed by atoms with E-state index < -0.39 is 10.8 Å². The van der Waals surface area contributed by atoms with Crippen molar-refractivity contribution in [3.63, 3.8) is 0 Å². The molecule has 1 amide bonds. The average molecular weight is 406 g/mol. The SMILES string of the molecule is COc1cc(/C=N\NC(=O)c2cc3cc([N+](=O)[O-])ccc3s2)cc(Cl)c1O. The van der Waals surface area contributed by atoms with Gasteiger partial charge in [0.15, 0.2) is 11.5 Å². The van der Waals surface area contributed by atoms with Crippen LogP contribution in [0.3, 0.4) is 0 Å². The van der Waals surface area contributed by atoms with Crippen LogP contribution in [-0.2, 0) is 0 Å². The zero-order valence-corrected chi connectivity index (χ0v) is 15.4. The molecule has 27 heavy (non-hydrogen) atoms. The molecule has 0 aliphatic carbocycles. The minimum Gasteiger partial charge on any atom is -0.503 e. The summed E-state index contributed by atoms with van der Waals surface area (Å²) in [7, 11) is 1.39. The summed E-state index contributed by atoms with van der Waals surface area (Å²) in [6, 6.07) is 8.95. The molecule has 10 heteroatoms. The van der Waals surface area contributed by atoms with Crippen molar-refractivity contribution in [3.8, 4) is 11.5 Å². The second-order valence-electron chi connectivity index (χ2n) is 5.34. The summed E-state index contributed by atoms with van der Waals surface area (Å²) in [5.74, 6) is -0.451. The molecular formula is C17H12ClN3O5S. The molecule has 0 atom stereocenters. The molecule has 1 aromatic heterocycles. The standard InChI is InChI=1S/C17H12ClN3O5S/c1-26-13-5-9(4-12(18)16(13)22)8-19-20-17(23)15-7-10-6-11(21(24)25)2-3-14(10)27-15/h2-8,22H,1H3,(H,20,23)/b19-8-. The van der Waals surface area contributed by atoms with Gasteiger partial charge in [0, 0.05) is 22.2 Å². The Balaban J connectivity index is 1.76. The van der Waals surface area contributed by atoms with Gasteiger partial charge in [0.25, 0.3) is 11.6 Å². The van der Waals surface area contributed by atoms with Crippen molar-refractivity contribution in [2.75, 3.05) is 7.11 Å². The third kappa shape index (κ3) is 3.99. The van der Waals surface area contributed by atoms with Crippen molar-refractivity contribution < 1.29 is 19.6 Å². The number of carbonyl (C=O) groups excluding carboxylic acids is 1. The number of nitrogens with one attached hydrogen (secondary N) is 1. The van der Waals surface area contributed by atoms with Gasteiger partial charge in [0.2, 0.25) is 0 Å². The minimum absolute atomic E-state index is 0.0385. The van der Waals surface area contributed by atoms with E-state index in [-0.39, 0.29) is 22.2 Å². The predicted octanol–water partition coefficient (Wildman–Crippen LogP) is 3.94. The summed E-state index contributed by atoms with van der Waals surface area (Å²) in [4.78, 5) is 22.9. The Kier molecular flexibility index (Phi) is 5.24. The van der Waals surface area contributed by atoms with Crippen molar-refractivity contribution in [1.29, 1.82) is 0 Å². The summed E-state index contributed by atoms with van der Waals surface area (Å²) >= 11 is 7.09. The number of hydrogen-bond donors (Lipinski definition) is 2.